The molecule has 12 heteroatoms. The molecule has 0 unspecified atom stereocenters. The summed E-state index contributed by atoms with van der Waals surface area (Å²) in [5, 5.41) is 0. The fourth-order valence-electron chi connectivity index (χ4n) is 4.54. The molecule has 0 aromatic carbocycles. The Kier molecular flexibility index (Phi) is 19.7. The molecule has 1 aromatic rings. The van der Waals surface area contributed by atoms with Crippen LogP contribution in [0.4, 0.5) is 9.59 Å². The Labute approximate surface area is 254 Å². The summed E-state index contributed by atoms with van der Waals surface area (Å²) in [4.78, 5) is 47.2. The van der Waals surface area contributed by atoms with Gasteiger partial charge in [0.25, 0.3) is 0 Å². The molecule has 1 rings (SSSR count). The smallest absolute Gasteiger partial charge is 0.391 e. The lowest BCUT2D eigenvalue weighted by atomic mass is 10.4. The van der Waals surface area contributed by atoms with Gasteiger partial charge in [-0.25, -0.2) is 19.6 Å². The van der Waals surface area contributed by atoms with E-state index in [2.05, 4.69) is 85.0 Å². The molecule has 12 nitrogen and oxygen atoms in total. The molecule has 0 fully saturated rings. The molecule has 0 radical (unpaired) electrons. The van der Waals surface area contributed by atoms with Gasteiger partial charge in [-0.3, -0.25) is 0 Å². The van der Waals surface area contributed by atoms with E-state index in [1.807, 2.05) is 0 Å². The molecule has 0 aliphatic heterocycles. The zero-order valence-corrected chi connectivity index (χ0v) is 27.7. The zero-order chi connectivity index (χ0) is 31.3. The predicted octanol–water partition coefficient (Wildman–Crippen LogP) is 3.45. The van der Waals surface area contributed by atoms with Crippen molar-refractivity contribution in [1.82, 2.24) is 39.4 Å². The minimum atomic E-state index is -0.481. The predicted molar refractivity (Wildman–Crippen MR) is 168 cm³/mol. The number of likely N-dealkylation sites (N-methyl/N-ethyl adjacent to an activating group) is 4. The van der Waals surface area contributed by atoms with E-state index in [0.717, 1.165) is 78.5 Å². The van der Waals surface area contributed by atoms with Crippen LogP contribution in [0, 0.1) is 0 Å². The largest absolute Gasteiger partial charge is 0.416 e. The Bertz CT molecular complexity index is 764. The molecule has 1 aromatic heterocycles. The van der Waals surface area contributed by atoms with Gasteiger partial charge in [0, 0.05) is 52.4 Å². The molecular weight excluding hydrogens is 536 g/mol. The minimum absolute atomic E-state index is 0.0475. The Morgan fingerprint density at radius 2 is 0.762 bits per heavy atom. The van der Waals surface area contributed by atoms with Crippen molar-refractivity contribution in [3.63, 3.8) is 0 Å². The van der Waals surface area contributed by atoms with Gasteiger partial charge in [0.15, 0.2) is 0 Å². The van der Waals surface area contributed by atoms with Crippen LogP contribution in [-0.2, 0) is 0 Å². The highest BCUT2D eigenvalue weighted by atomic mass is 16.6. The number of carbonyl (C=O) groups is 2. The maximum Gasteiger partial charge on any atom is 0.416 e. The summed E-state index contributed by atoms with van der Waals surface area (Å²) in [6.45, 7) is 29.4. The quantitative estimate of drug-likeness (QED) is 0.199. The van der Waals surface area contributed by atoms with E-state index in [1.54, 1.807) is 9.80 Å². The molecule has 0 aliphatic carbocycles. The third-order valence-electron chi connectivity index (χ3n) is 7.84. The summed E-state index contributed by atoms with van der Waals surface area (Å²) < 4.78 is 11.3. The summed E-state index contributed by atoms with van der Waals surface area (Å²) >= 11 is 0. The molecule has 1 heterocycles. The van der Waals surface area contributed by atoms with Crippen LogP contribution in [-0.4, -0.2) is 156 Å². The number of carbonyl (C=O) groups excluding carboxylic acids is 2. The van der Waals surface area contributed by atoms with Crippen molar-refractivity contribution in [3.8, 4) is 11.8 Å². The van der Waals surface area contributed by atoms with E-state index in [9.17, 15) is 9.59 Å². The Hall–Kier alpha value is -2.54. The first kappa shape index (κ1) is 37.5. The number of hydrogen-bond acceptors (Lipinski definition) is 10. The van der Waals surface area contributed by atoms with Crippen molar-refractivity contribution >= 4 is 12.2 Å². The van der Waals surface area contributed by atoms with Crippen LogP contribution in [0.3, 0.4) is 0 Å². The van der Waals surface area contributed by atoms with Gasteiger partial charge in [-0.15, -0.1) is 0 Å². The van der Waals surface area contributed by atoms with E-state index in [0.29, 0.717) is 26.2 Å². The Morgan fingerprint density at radius 1 is 0.500 bits per heavy atom. The summed E-state index contributed by atoms with van der Waals surface area (Å²) in [5.41, 5.74) is 0. The highest BCUT2D eigenvalue weighted by Crippen LogP contribution is 2.16. The summed E-state index contributed by atoms with van der Waals surface area (Å²) in [5.74, 6) is 0.0950. The zero-order valence-electron chi connectivity index (χ0n) is 27.7. The number of rotatable bonds is 22. The van der Waals surface area contributed by atoms with Crippen molar-refractivity contribution < 1.29 is 19.1 Å². The van der Waals surface area contributed by atoms with Crippen LogP contribution >= 0.6 is 0 Å². The maximum absolute atomic E-state index is 13.2. The average molecular weight is 595 g/mol. The van der Waals surface area contributed by atoms with Gasteiger partial charge in [-0.05, 0) is 52.4 Å². The third kappa shape index (κ3) is 14.1. The number of hydrogen-bond donors (Lipinski definition) is 0. The third-order valence-corrected chi connectivity index (χ3v) is 7.84. The molecule has 0 aliphatic rings. The number of aromatic nitrogens is 2. The first-order valence-electron chi connectivity index (χ1n) is 15.9. The van der Waals surface area contributed by atoms with Crippen molar-refractivity contribution in [2.75, 3.05) is 105 Å². The standard InChI is InChI=1S/C30H58N8O4/c1-9-33(10-2)17-21-37(22-18-34(11-3)12-4)29(39)41-27-25-28(32-26-31-27)42-30(40)38(23-19-35(13-5)14-6)24-20-36(15-7)16-8/h25-26H,9-24H2,1-8H3. The van der Waals surface area contributed by atoms with Gasteiger partial charge < -0.3 is 38.9 Å². The SMILES string of the molecule is CCN(CC)CCN(CCN(CC)CC)C(=O)Oc1cc(OC(=O)N(CCN(CC)CC)CCN(CC)CC)ncn1. The second kappa shape index (κ2) is 22.1. The summed E-state index contributed by atoms with van der Waals surface area (Å²) in [6.07, 6.45) is 0.285. The first-order valence-corrected chi connectivity index (χ1v) is 15.9. The van der Waals surface area contributed by atoms with Crippen LogP contribution in [0.1, 0.15) is 55.4 Å². The number of ether oxygens (including phenoxy) is 2. The molecule has 42 heavy (non-hydrogen) atoms. The van der Waals surface area contributed by atoms with Gasteiger partial charge in [0.1, 0.15) is 6.33 Å². The second-order valence-electron chi connectivity index (χ2n) is 10.0. The Balaban J connectivity index is 2.97. The second-order valence-corrected chi connectivity index (χ2v) is 10.0. The monoisotopic (exact) mass is 594 g/mol. The van der Waals surface area contributed by atoms with E-state index >= 15 is 0 Å². The van der Waals surface area contributed by atoms with Crippen molar-refractivity contribution in [1.29, 1.82) is 0 Å². The van der Waals surface area contributed by atoms with E-state index in [1.165, 1.54) is 12.4 Å². The first-order chi connectivity index (χ1) is 20.3. The van der Waals surface area contributed by atoms with E-state index in [4.69, 9.17) is 9.47 Å². The van der Waals surface area contributed by atoms with Crippen molar-refractivity contribution in [2.45, 2.75) is 55.4 Å². The molecule has 0 N–H and O–H groups in total. The molecular formula is C30H58N8O4. The summed E-state index contributed by atoms with van der Waals surface area (Å²) in [7, 11) is 0. The molecule has 242 valence electrons. The van der Waals surface area contributed by atoms with Crippen molar-refractivity contribution in [3.05, 3.63) is 12.4 Å². The average Bonchev–Trinajstić information content (AvgIpc) is 3.00. The lowest BCUT2D eigenvalue weighted by Gasteiger charge is -2.28. The van der Waals surface area contributed by atoms with Crippen LogP contribution in [0.25, 0.3) is 0 Å². The topological polar surface area (TPSA) is 97.8 Å². The number of amides is 2. The molecule has 0 saturated heterocycles. The lowest BCUT2D eigenvalue weighted by Crippen LogP contribution is -2.44. The fraction of sp³-hybridized carbons (Fsp3) is 0.800. The van der Waals surface area contributed by atoms with Gasteiger partial charge in [0.05, 0.1) is 6.07 Å². The van der Waals surface area contributed by atoms with Crippen LogP contribution in [0.5, 0.6) is 11.8 Å². The Morgan fingerprint density at radius 3 is 1.00 bits per heavy atom. The highest BCUT2D eigenvalue weighted by molar-refractivity contribution is 5.71. The highest BCUT2D eigenvalue weighted by Gasteiger charge is 2.21. The van der Waals surface area contributed by atoms with Crippen molar-refractivity contribution in [2.24, 2.45) is 0 Å². The summed E-state index contributed by atoms with van der Waals surface area (Å²) in [6, 6.07) is 1.40. The van der Waals surface area contributed by atoms with E-state index < -0.39 is 12.2 Å². The minimum Gasteiger partial charge on any atom is -0.391 e. The van der Waals surface area contributed by atoms with Gasteiger partial charge in [0.2, 0.25) is 11.8 Å². The van der Waals surface area contributed by atoms with Gasteiger partial charge in [-0.1, -0.05) is 55.4 Å². The fourth-order valence-corrected chi connectivity index (χ4v) is 4.54. The number of nitrogens with zero attached hydrogens (tertiary/aromatic N) is 8. The lowest BCUT2D eigenvalue weighted by molar-refractivity contribution is 0.132. The molecule has 0 spiro atoms. The van der Waals surface area contributed by atoms with E-state index in [-0.39, 0.29) is 11.8 Å². The molecule has 2 amide bonds. The van der Waals surface area contributed by atoms with Crippen LogP contribution < -0.4 is 9.47 Å². The molecule has 0 saturated carbocycles. The normalized spacial score (nSPS) is 11.5. The van der Waals surface area contributed by atoms with Gasteiger partial charge in [-0.2, -0.15) is 0 Å². The molecule has 0 bridgehead atoms. The maximum atomic E-state index is 13.2. The van der Waals surface area contributed by atoms with Crippen LogP contribution in [0.2, 0.25) is 0 Å². The van der Waals surface area contributed by atoms with Gasteiger partial charge >= 0.3 is 12.2 Å². The molecule has 0 atom stereocenters. The van der Waals surface area contributed by atoms with Crippen LogP contribution in [0.15, 0.2) is 12.4 Å².